The third-order valence-electron chi connectivity index (χ3n) is 5.22. The Labute approximate surface area is 189 Å². The molecule has 1 N–H and O–H groups in total. The number of halogens is 1. The van der Waals surface area contributed by atoms with E-state index in [1.54, 1.807) is 18.2 Å². The monoisotopic (exact) mass is 447 g/mol. The Hall–Kier alpha value is -4.13. The highest BCUT2D eigenvalue weighted by Crippen LogP contribution is 2.29. The molecular formula is C26H22FNO5. The van der Waals surface area contributed by atoms with Crippen LogP contribution in [0.4, 0.5) is 10.1 Å². The van der Waals surface area contributed by atoms with Crippen LogP contribution in [0, 0.1) is 26.6 Å². The summed E-state index contributed by atoms with van der Waals surface area (Å²) in [4.78, 5) is 25.0. The van der Waals surface area contributed by atoms with Crippen molar-refractivity contribution in [1.29, 1.82) is 0 Å². The number of carbonyl (C=O) groups is 1. The van der Waals surface area contributed by atoms with Gasteiger partial charge in [-0.25, -0.2) is 4.39 Å². The molecule has 168 valence electrons. The molecule has 7 heteroatoms. The first-order valence-electron chi connectivity index (χ1n) is 10.3. The molecule has 0 spiro atoms. The Balaban J connectivity index is 1.49. The number of ether oxygens (including phenoxy) is 2. The zero-order valence-electron chi connectivity index (χ0n) is 18.4. The van der Waals surface area contributed by atoms with E-state index in [9.17, 15) is 14.0 Å². The Morgan fingerprint density at radius 2 is 1.82 bits per heavy atom. The van der Waals surface area contributed by atoms with Gasteiger partial charge in [0, 0.05) is 6.07 Å². The molecule has 0 atom stereocenters. The van der Waals surface area contributed by atoms with Gasteiger partial charge in [0.1, 0.15) is 29.2 Å². The molecule has 3 aromatic carbocycles. The van der Waals surface area contributed by atoms with E-state index in [4.69, 9.17) is 13.9 Å². The number of amides is 1. The summed E-state index contributed by atoms with van der Waals surface area (Å²) in [5, 5.41) is 2.76. The predicted molar refractivity (Wildman–Crippen MR) is 124 cm³/mol. The van der Waals surface area contributed by atoms with Crippen molar-refractivity contribution in [3.05, 3.63) is 93.6 Å². The van der Waals surface area contributed by atoms with Gasteiger partial charge >= 0.3 is 0 Å². The molecule has 0 saturated carbocycles. The number of fused-ring (bicyclic) bond motifs is 1. The zero-order chi connectivity index (χ0) is 23.5. The normalized spacial score (nSPS) is 10.8. The number of hydrogen-bond donors (Lipinski definition) is 1. The van der Waals surface area contributed by atoms with Gasteiger partial charge in [0.2, 0.25) is 11.2 Å². The van der Waals surface area contributed by atoms with Crippen molar-refractivity contribution in [3.63, 3.8) is 0 Å². The summed E-state index contributed by atoms with van der Waals surface area (Å²) in [6.45, 7) is 5.53. The molecule has 0 aliphatic rings. The molecule has 6 nitrogen and oxygen atoms in total. The molecule has 0 saturated heterocycles. The van der Waals surface area contributed by atoms with Crippen molar-refractivity contribution >= 4 is 22.6 Å². The summed E-state index contributed by atoms with van der Waals surface area (Å²) in [5.41, 5.74) is 3.07. The van der Waals surface area contributed by atoms with Crippen molar-refractivity contribution in [2.45, 2.75) is 20.8 Å². The van der Waals surface area contributed by atoms with E-state index < -0.39 is 11.7 Å². The Bertz CT molecular complexity index is 1410. The molecule has 1 aromatic heterocycles. The number of carbonyl (C=O) groups excluding carboxylic acids is 1. The topological polar surface area (TPSA) is 77.8 Å². The van der Waals surface area contributed by atoms with Crippen LogP contribution >= 0.6 is 0 Å². The minimum absolute atomic E-state index is 0.0715. The molecular weight excluding hydrogens is 425 g/mol. The molecule has 0 fully saturated rings. The first-order valence-corrected chi connectivity index (χ1v) is 10.3. The van der Waals surface area contributed by atoms with Crippen molar-refractivity contribution in [2.24, 2.45) is 0 Å². The molecule has 4 aromatic rings. The number of para-hydroxylation sites is 1. The van der Waals surface area contributed by atoms with Gasteiger partial charge in [0.15, 0.2) is 6.61 Å². The van der Waals surface area contributed by atoms with Gasteiger partial charge in [-0.05, 0) is 67.8 Å². The highest BCUT2D eigenvalue weighted by Gasteiger charge is 2.13. The summed E-state index contributed by atoms with van der Waals surface area (Å²) in [6, 6.07) is 14.4. The standard InChI is InChI=1S/C26H22FNO5/c1-15-10-16(2)17(3)22(11-15)33-24-13-32-23-12-18(8-9-19(23)26(24)30)31-14-25(29)28-21-7-5-4-6-20(21)27/h4-13H,14H2,1-3H3,(H,28,29). The summed E-state index contributed by atoms with van der Waals surface area (Å²) in [7, 11) is 0. The van der Waals surface area contributed by atoms with Crippen LogP contribution in [-0.2, 0) is 4.79 Å². The average Bonchev–Trinajstić information content (AvgIpc) is 2.79. The van der Waals surface area contributed by atoms with Crippen LogP contribution < -0.4 is 20.2 Å². The van der Waals surface area contributed by atoms with Gasteiger partial charge in [-0.2, -0.15) is 0 Å². The fourth-order valence-corrected chi connectivity index (χ4v) is 3.37. The lowest BCUT2D eigenvalue weighted by Crippen LogP contribution is -2.20. The van der Waals surface area contributed by atoms with Crippen LogP contribution in [0.2, 0.25) is 0 Å². The Morgan fingerprint density at radius 3 is 2.61 bits per heavy atom. The lowest BCUT2D eigenvalue weighted by molar-refractivity contribution is -0.118. The number of anilines is 1. The highest BCUT2D eigenvalue weighted by molar-refractivity contribution is 5.92. The van der Waals surface area contributed by atoms with Crippen LogP contribution in [-0.4, -0.2) is 12.5 Å². The second-order valence-electron chi connectivity index (χ2n) is 7.71. The maximum atomic E-state index is 13.6. The largest absolute Gasteiger partial charge is 0.484 e. The molecule has 1 heterocycles. The fraction of sp³-hybridized carbons (Fsp3) is 0.154. The number of nitrogens with one attached hydrogen (secondary N) is 1. The first kappa shape index (κ1) is 22.1. The van der Waals surface area contributed by atoms with Gasteiger partial charge in [-0.3, -0.25) is 9.59 Å². The van der Waals surface area contributed by atoms with E-state index in [1.807, 2.05) is 32.9 Å². The van der Waals surface area contributed by atoms with Gasteiger partial charge in [-0.1, -0.05) is 18.2 Å². The fourth-order valence-electron chi connectivity index (χ4n) is 3.37. The maximum Gasteiger partial charge on any atom is 0.262 e. The molecule has 4 rings (SSSR count). The lowest BCUT2D eigenvalue weighted by atomic mass is 10.1. The molecule has 33 heavy (non-hydrogen) atoms. The number of aryl methyl sites for hydroxylation is 2. The average molecular weight is 447 g/mol. The number of benzene rings is 3. The Morgan fingerprint density at radius 1 is 1.03 bits per heavy atom. The summed E-state index contributed by atoms with van der Waals surface area (Å²) >= 11 is 0. The zero-order valence-corrected chi connectivity index (χ0v) is 18.4. The van der Waals surface area contributed by atoms with E-state index in [-0.39, 0.29) is 29.1 Å². The SMILES string of the molecule is Cc1cc(C)c(C)c(Oc2coc3cc(OCC(=O)Nc4ccccc4F)ccc3c2=O)c1. The number of rotatable bonds is 6. The van der Waals surface area contributed by atoms with E-state index in [0.29, 0.717) is 16.9 Å². The summed E-state index contributed by atoms with van der Waals surface area (Å²) < 4.78 is 30.6. The van der Waals surface area contributed by atoms with Crippen LogP contribution in [0.1, 0.15) is 16.7 Å². The van der Waals surface area contributed by atoms with Crippen LogP contribution in [0.15, 0.2) is 70.1 Å². The van der Waals surface area contributed by atoms with Gasteiger partial charge in [0.25, 0.3) is 5.91 Å². The number of hydrogen-bond acceptors (Lipinski definition) is 5. The molecule has 0 radical (unpaired) electrons. The lowest BCUT2D eigenvalue weighted by Gasteiger charge is -2.12. The first-order chi connectivity index (χ1) is 15.8. The summed E-state index contributed by atoms with van der Waals surface area (Å²) in [5.74, 6) is -0.0526. The van der Waals surface area contributed by atoms with Crippen molar-refractivity contribution < 1.29 is 23.1 Å². The summed E-state index contributed by atoms with van der Waals surface area (Å²) in [6.07, 6.45) is 1.26. The maximum absolute atomic E-state index is 13.6. The van der Waals surface area contributed by atoms with E-state index in [0.717, 1.165) is 16.7 Å². The second-order valence-corrected chi connectivity index (χ2v) is 7.71. The smallest absolute Gasteiger partial charge is 0.262 e. The van der Waals surface area contributed by atoms with E-state index >= 15 is 0 Å². The quantitative estimate of drug-likeness (QED) is 0.412. The molecule has 0 unspecified atom stereocenters. The minimum Gasteiger partial charge on any atom is -0.484 e. The Kier molecular flexibility index (Phi) is 6.13. The molecule has 1 amide bonds. The van der Waals surface area contributed by atoms with Gasteiger partial charge < -0.3 is 19.2 Å². The third kappa shape index (κ3) is 4.87. The predicted octanol–water partition coefficient (Wildman–Crippen LogP) is 5.67. The minimum atomic E-state index is -0.535. The molecule has 0 aliphatic heterocycles. The van der Waals surface area contributed by atoms with Crippen LogP contribution in [0.25, 0.3) is 11.0 Å². The van der Waals surface area contributed by atoms with Crippen LogP contribution in [0.5, 0.6) is 17.2 Å². The second kappa shape index (κ2) is 9.16. The van der Waals surface area contributed by atoms with Gasteiger partial charge in [0.05, 0.1) is 11.1 Å². The van der Waals surface area contributed by atoms with Crippen molar-refractivity contribution in [1.82, 2.24) is 0 Å². The molecule has 0 bridgehead atoms. The van der Waals surface area contributed by atoms with Gasteiger partial charge in [-0.15, -0.1) is 0 Å². The van der Waals surface area contributed by atoms with E-state index in [2.05, 4.69) is 5.32 Å². The van der Waals surface area contributed by atoms with Crippen molar-refractivity contribution in [2.75, 3.05) is 11.9 Å². The highest BCUT2D eigenvalue weighted by atomic mass is 19.1. The van der Waals surface area contributed by atoms with Crippen LogP contribution in [0.3, 0.4) is 0 Å². The third-order valence-corrected chi connectivity index (χ3v) is 5.22. The molecule has 0 aliphatic carbocycles. The van der Waals surface area contributed by atoms with Crippen molar-refractivity contribution in [3.8, 4) is 17.2 Å². The van der Waals surface area contributed by atoms with E-state index in [1.165, 1.54) is 30.5 Å².